The molecule has 2 heterocycles. The number of rotatable bonds is 13. The highest BCUT2D eigenvalue weighted by molar-refractivity contribution is 7.53. The van der Waals surface area contributed by atoms with Crippen molar-refractivity contribution in [3.63, 3.8) is 0 Å². The average Bonchev–Trinajstić information content (AvgIpc) is 3.15. The third-order valence-corrected chi connectivity index (χ3v) is 5.53. The van der Waals surface area contributed by atoms with Crippen LogP contribution in [0.3, 0.4) is 0 Å². The van der Waals surface area contributed by atoms with Gasteiger partial charge in [-0.1, -0.05) is 0 Å². The summed E-state index contributed by atoms with van der Waals surface area (Å²) >= 11 is 0. The van der Waals surface area contributed by atoms with Crippen molar-refractivity contribution in [2.24, 2.45) is 0 Å². The number of nitrogens with zero attached hydrogens (tertiary/aromatic N) is 4. The first kappa shape index (κ1) is 28.4. The molecule has 0 spiro atoms. The van der Waals surface area contributed by atoms with Crippen LogP contribution in [0.5, 0.6) is 0 Å². The SMILES string of the molecule is Cc1ncnc2c1ncn2C[C@@H](C)OCP(=O)(OCOC(=O)OC(C)C)OCOC(=O)OC(C)C. The Morgan fingerprint density at radius 1 is 0.943 bits per heavy atom. The van der Waals surface area contributed by atoms with Crippen LogP contribution in [0, 0.1) is 6.92 Å². The number of carbonyl (C=O) groups excluding carboxylic acids is 2. The molecule has 15 heteroatoms. The quantitative estimate of drug-likeness (QED) is 0.214. The summed E-state index contributed by atoms with van der Waals surface area (Å²) in [7, 11) is -4.04. The normalized spacial score (nSPS) is 12.7. The maximum Gasteiger partial charge on any atom is 0.510 e. The maximum absolute atomic E-state index is 13.1. The van der Waals surface area contributed by atoms with Gasteiger partial charge in [-0.25, -0.2) is 24.5 Å². The second kappa shape index (κ2) is 13.3. The molecule has 0 amide bonds. The molecule has 0 bridgehead atoms. The summed E-state index contributed by atoms with van der Waals surface area (Å²) in [6.45, 7) is 8.94. The van der Waals surface area contributed by atoms with Gasteiger partial charge >= 0.3 is 19.9 Å². The topological polar surface area (TPSA) is 159 Å². The van der Waals surface area contributed by atoms with Crippen LogP contribution < -0.4 is 0 Å². The second-order valence-electron chi connectivity index (χ2n) is 7.86. The Morgan fingerprint density at radius 2 is 1.51 bits per heavy atom. The first-order chi connectivity index (χ1) is 16.5. The van der Waals surface area contributed by atoms with E-state index in [0.29, 0.717) is 17.7 Å². The number of carbonyl (C=O) groups is 2. The van der Waals surface area contributed by atoms with E-state index in [4.69, 9.17) is 32.7 Å². The summed E-state index contributed by atoms with van der Waals surface area (Å²) in [4.78, 5) is 35.7. The van der Waals surface area contributed by atoms with Crippen LogP contribution in [-0.4, -0.2) is 70.1 Å². The van der Waals surface area contributed by atoms with Crippen molar-refractivity contribution in [2.45, 2.75) is 66.4 Å². The minimum absolute atomic E-state index is 0.321. The van der Waals surface area contributed by atoms with Crippen LogP contribution in [-0.2, 0) is 43.8 Å². The van der Waals surface area contributed by atoms with Gasteiger partial charge in [-0.2, -0.15) is 0 Å². The molecule has 35 heavy (non-hydrogen) atoms. The van der Waals surface area contributed by atoms with Crippen molar-refractivity contribution in [1.29, 1.82) is 0 Å². The number of ether oxygens (including phenoxy) is 5. The summed E-state index contributed by atoms with van der Waals surface area (Å²) in [5, 5.41) is 0. The Kier molecular flexibility index (Phi) is 10.8. The molecule has 0 unspecified atom stereocenters. The first-order valence-corrected chi connectivity index (χ1v) is 12.5. The number of aryl methyl sites for hydroxylation is 1. The highest BCUT2D eigenvalue weighted by Gasteiger charge is 2.29. The van der Waals surface area contributed by atoms with Crippen molar-refractivity contribution >= 4 is 31.1 Å². The van der Waals surface area contributed by atoms with Crippen LogP contribution in [0.2, 0.25) is 0 Å². The largest absolute Gasteiger partial charge is 0.510 e. The summed E-state index contributed by atoms with van der Waals surface area (Å²) < 4.78 is 49.9. The predicted octanol–water partition coefficient (Wildman–Crippen LogP) is 3.76. The van der Waals surface area contributed by atoms with Gasteiger partial charge in [0.25, 0.3) is 0 Å². The van der Waals surface area contributed by atoms with Crippen LogP contribution in [0.4, 0.5) is 9.59 Å². The Bertz CT molecular complexity index is 996. The lowest BCUT2D eigenvalue weighted by atomic mass is 10.4. The van der Waals surface area contributed by atoms with E-state index in [1.807, 2.05) is 6.92 Å². The Morgan fingerprint density at radius 3 is 2.06 bits per heavy atom. The van der Waals surface area contributed by atoms with Gasteiger partial charge in [0.05, 0.1) is 36.9 Å². The number of fused-ring (bicyclic) bond motifs is 1. The molecule has 0 fully saturated rings. The lowest BCUT2D eigenvalue weighted by molar-refractivity contribution is -0.0369. The van der Waals surface area contributed by atoms with E-state index in [1.54, 1.807) is 45.5 Å². The molecule has 196 valence electrons. The van der Waals surface area contributed by atoms with Crippen LogP contribution in [0.25, 0.3) is 11.2 Å². The zero-order valence-electron chi connectivity index (χ0n) is 20.5. The molecule has 0 aromatic carbocycles. The van der Waals surface area contributed by atoms with Gasteiger partial charge in [0.2, 0.25) is 13.6 Å². The zero-order chi connectivity index (χ0) is 26.0. The number of aromatic nitrogens is 4. The predicted molar refractivity (Wildman–Crippen MR) is 120 cm³/mol. The molecule has 0 radical (unpaired) electrons. The fourth-order valence-corrected chi connectivity index (χ4v) is 3.64. The van der Waals surface area contributed by atoms with Gasteiger partial charge in [-0.15, -0.1) is 0 Å². The minimum Gasteiger partial charge on any atom is -0.432 e. The van der Waals surface area contributed by atoms with Gasteiger partial charge in [0.15, 0.2) is 5.65 Å². The van der Waals surface area contributed by atoms with Crippen LogP contribution in [0.1, 0.15) is 40.3 Å². The Labute approximate surface area is 202 Å². The fraction of sp³-hybridized carbons (Fsp3) is 0.650. The molecule has 0 aliphatic heterocycles. The fourth-order valence-electron chi connectivity index (χ4n) is 2.55. The molecular formula is C20H31N4O10P. The molecule has 0 N–H and O–H groups in total. The highest BCUT2D eigenvalue weighted by Crippen LogP contribution is 2.48. The van der Waals surface area contributed by atoms with Crippen molar-refractivity contribution in [1.82, 2.24) is 19.5 Å². The van der Waals surface area contributed by atoms with Crippen molar-refractivity contribution < 1.29 is 46.9 Å². The molecule has 2 aromatic rings. The van der Waals surface area contributed by atoms with E-state index in [2.05, 4.69) is 15.0 Å². The molecule has 1 atom stereocenters. The van der Waals surface area contributed by atoms with Crippen molar-refractivity contribution in [2.75, 3.05) is 19.9 Å². The lowest BCUT2D eigenvalue weighted by Crippen LogP contribution is -2.20. The Balaban J connectivity index is 1.95. The van der Waals surface area contributed by atoms with Crippen LogP contribution >= 0.6 is 7.60 Å². The molecule has 14 nitrogen and oxygen atoms in total. The van der Waals surface area contributed by atoms with Crippen molar-refractivity contribution in [3.8, 4) is 0 Å². The highest BCUT2D eigenvalue weighted by atomic mass is 31.2. The maximum atomic E-state index is 13.1. The number of hydrogen-bond donors (Lipinski definition) is 0. The average molecular weight is 518 g/mol. The van der Waals surface area contributed by atoms with E-state index in [9.17, 15) is 14.2 Å². The monoisotopic (exact) mass is 518 g/mol. The van der Waals surface area contributed by atoms with Gasteiger partial charge in [0.1, 0.15) is 18.2 Å². The van der Waals surface area contributed by atoms with E-state index >= 15 is 0 Å². The van der Waals surface area contributed by atoms with E-state index in [-0.39, 0.29) is 0 Å². The molecule has 0 saturated heterocycles. The van der Waals surface area contributed by atoms with Gasteiger partial charge < -0.3 is 28.3 Å². The first-order valence-electron chi connectivity index (χ1n) is 10.8. The number of imidazole rings is 1. The van der Waals surface area contributed by atoms with Gasteiger partial charge in [-0.05, 0) is 41.5 Å². The van der Waals surface area contributed by atoms with Gasteiger partial charge in [0, 0.05) is 0 Å². The number of hydrogen-bond acceptors (Lipinski definition) is 13. The van der Waals surface area contributed by atoms with Crippen molar-refractivity contribution in [3.05, 3.63) is 18.3 Å². The Hall–Kier alpha value is -2.80. The van der Waals surface area contributed by atoms with E-state index < -0.39 is 58.2 Å². The zero-order valence-corrected chi connectivity index (χ0v) is 21.4. The summed E-state index contributed by atoms with van der Waals surface area (Å²) in [5.74, 6) is 0. The molecule has 0 aliphatic rings. The third kappa shape index (κ3) is 9.76. The summed E-state index contributed by atoms with van der Waals surface area (Å²) in [6, 6.07) is 0. The smallest absolute Gasteiger partial charge is 0.432 e. The second-order valence-corrected chi connectivity index (χ2v) is 9.86. The van der Waals surface area contributed by atoms with E-state index in [0.717, 1.165) is 5.69 Å². The lowest BCUT2D eigenvalue weighted by Gasteiger charge is -2.21. The van der Waals surface area contributed by atoms with Crippen LogP contribution in [0.15, 0.2) is 12.7 Å². The molecule has 2 aromatic heterocycles. The summed E-state index contributed by atoms with van der Waals surface area (Å²) in [5.41, 5.74) is 2.02. The minimum atomic E-state index is -4.04. The summed E-state index contributed by atoms with van der Waals surface area (Å²) in [6.07, 6.45) is -0.829. The molecule has 0 aliphatic carbocycles. The third-order valence-electron chi connectivity index (χ3n) is 4.07. The molecule has 2 rings (SSSR count). The molecular weight excluding hydrogens is 487 g/mol. The molecule has 0 saturated carbocycles. The van der Waals surface area contributed by atoms with Gasteiger partial charge in [-0.3, -0.25) is 13.6 Å². The standard InChI is InChI=1S/C20H31N4O10P/c1-13(2)33-19(25)28-10-31-35(27,32-11-29-20(26)34-14(3)4)12-30-15(5)7-24-9-23-17-16(6)21-8-22-18(17)24/h8-9,13-15H,7,10-12H2,1-6H3/t15-/m1/s1. The van der Waals surface area contributed by atoms with E-state index in [1.165, 1.54) is 6.33 Å².